The zero-order valence-electron chi connectivity index (χ0n) is 14.7. The van der Waals surface area contributed by atoms with E-state index in [9.17, 15) is 9.59 Å². The summed E-state index contributed by atoms with van der Waals surface area (Å²) >= 11 is 0. The summed E-state index contributed by atoms with van der Waals surface area (Å²) in [5, 5.41) is 1.02. The molecule has 0 spiro atoms. The van der Waals surface area contributed by atoms with Crippen molar-refractivity contribution in [2.45, 2.75) is 13.1 Å². The summed E-state index contributed by atoms with van der Waals surface area (Å²) in [5.41, 5.74) is 7.28. The minimum atomic E-state index is -0.733. The van der Waals surface area contributed by atoms with Crippen molar-refractivity contribution < 1.29 is 9.53 Å². The highest BCUT2D eigenvalue weighted by Crippen LogP contribution is 2.27. The number of benzene rings is 1. The van der Waals surface area contributed by atoms with Crippen LogP contribution in [0.2, 0.25) is 0 Å². The number of methoxy groups -OCH3 is 1. The van der Waals surface area contributed by atoms with E-state index in [0.717, 1.165) is 22.2 Å². The van der Waals surface area contributed by atoms with Crippen LogP contribution in [-0.4, -0.2) is 34.9 Å². The summed E-state index contributed by atoms with van der Waals surface area (Å²) in [6.07, 6.45) is 1.74. The summed E-state index contributed by atoms with van der Waals surface area (Å²) in [7, 11) is 3.58. The normalized spacial score (nSPS) is 11.0. The van der Waals surface area contributed by atoms with Crippen molar-refractivity contribution in [1.29, 1.82) is 0 Å². The van der Waals surface area contributed by atoms with Crippen LogP contribution in [0.15, 0.2) is 47.4 Å². The number of aromatic nitrogens is 2. The molecule has 0 atom stereocenters. The number of amides is 1. The Hall–Kier alpha value is -3.19. The SMILES string of the molecule is COc1ccc(CN(C)Cc2ccc(C(N)=O)c(=O)[nH]2)c2cccnc12. The minimum absolute atomic E-state index is 0.0383. The number of pyridine rings is 2. The number of nitrogens with zero attached hydrogens (tertiary/aromatic N) is 2. The van der Waals surface area contributed by atoms with Crippen LogP contribution in [0.25, 0.3) is 10.9 Å². The van der Waals surface area contributed by atoms with Crippen LogP contribution in [0.5, 0.6) is 5.75 Å². The van der Waals surface area contributed by atoms with Gasteiger partial charge in [0, 0.05) is 30.4 Å². The van der Waals surface area contributed by atoms with Gasteiger partial charge in [0.05, 0.1) is 7.11 Å². The smallest absolute Gasteiger partial charge is 0.261 e. The van der Waals surface area contributed by atoms with Crippen LogP contribution in [-0.2, 0) is 13.1 Å². The van der Waals surface area contributed by atoms with Crippen molar-refractivity contribution in [3.8, 4) is 5.75 Å². The molecule has 0 aliphatic carbocycles. The number of nitrogens with two attached hydrogens (primary N) is 1. The predicted molar refractivity (Wildman–Crippen MR) is 99.0 cm³/mol. The fourth-order valence-corrected chi connectivity index (χ4v) is 2.95. The highest BCUT2D eigenvalue weighted by Gasteiger charge is 2.11. The second kappa shape index (κ2) is 7.37. The van der Waals surface area contributed by atoms with Gasteiger partial charge < -0.3 is 15.5 Å². The Morgan fingerprint density at radius 2 is 2.04 bits per heavy atom. The number of aromatic amines is 1. The second-order valence-corrected chi connectivity index (χ2v) is 6.09. The van der Waals surface area contributed by atoms with E-state index in [1.54, 1.807) is 19.4 Å². The molecule has 2 aromatic heterocycles. The lowest BCUT2D eigenvalue weighted by molar-refractivity contribution is 0.0999. The second-order valence-electron chi connectivity index (χ2n) is 6.09. The standard InChI is InChI=1S/C19H20N4O3/c1-23(11-13-6-7-15(18(20)24)19(25)22-13)10-12-5-8-16(26-2)17-14(12)4-3-9-21-17/h3-9H,10-11H2,1-2H3,(H2,20,24)(H,22,25). The first kappa shape index (κ1) is 17.6. The molecular weight excluding hydrogens is 332 g/mol. The molecule has 0 aliphatic heterocycles. The van der Waals surface area contributed by atoms with Crippen molar-refractivity contribution in [1.82, 2.24) is 14.9 Å². The molecule has 134 valence electrons. The summed E-state index contributed by atoms with van der Waals surface area (Å²) < 4.78 is 5.37. The van der Waals surface area contributed by atoms with Gasteiger partial charge in [-0.15, -0.1) is 0 Å². The molecule has 3 N–H and O–H groups in total. The summed E-state index contributed by atoms with van der Waals surface area (Å²) in [4.78, 5) is 32.2. The third-order valence-electron chi connectivity index (χ3n) is 4.16. The van der Waals surface area contributed by atoms with Gasteiger partial charge in [0.15, 0.2) is 0 Å². The van der Waals surface area contributed by atoms with Gasteiger partial charge in [-0.3, -0.25) is 19.5 Å². The van der Waals surface area contributed by atoms with Crippen LogP contribution in [0.3, 0.4) is 0 Å². The first-order valence-corrected chi connectivity index (χ1v) is 8.10. The summed E-state index contributed by atoms with van der Waals surface area (Å²) in [6, 6.07) is 11.0. The van der Waals surface area contributed by atoms with Crippen molar-refractivity contribution in [3.05, 3.63) is 69.8 Å². The number of primary amides is 1. The average Bonchev–Trinajstić information content (AvgIpc) is 2.61. The Labute approximate surface area is 150 Å². The Bertz CT molecular complexity index is 1010. The van der Waals surface area contributed by atoms with E-state index in [-0.39, 0.29) is 5.56 Å². The molecule has 0 aliphatic rings. The van der Waals surface area contributed by atoms with Gasteiger partial charge in [-0.25, -0.2) is 0 Å². The van der Waals surface area contributed by atoms with Gasteiger partial charge in [-0.05, 0) is 36.9 Å². The quantitative estimate of drug-likeness (QED) is 0.703. The number of nitrogens with one attached hydrogen (secondary N) is 1. The van der Waals surface area contributed by atoms with E-state index < -0.39 is 11.5 Å². The zero-order chi connectivity index (χ0) is 18.7. The van der Waals surface area contributed by atoms with Gasteiger partial charge in [-0.2, -0.15) is 0 Å². The average molecular weight is 352 g/mol. The van der Waals surface area contributed by atoms with Gasteiger partial charge in [0.2, 0.25) is 0 Å². The Kier molecular flexibility index (Phi) is 4.99. The van der Waals surface area contributed by atoms with E-state index in [4.69, 9.17) is 10.5 Å². The molecule has 0 fully saturated rings. The molecular formula is C19H20N4O3. The lowest BCUT2D eigenvalue weighted by atomic mass is 10.1. The highest BCUT2D eigenvalue weighted by atomic mass is 16.5. The molecule has 0 radical (unpaired) electrons. The molecule has 7 heteroatoms. The fourth-order valence-electron chi connectivity index (χ4n) is 2.95. The number of ether oxygens (including phenoxy) is 1. The predicted octanol–water partition coefficient (Wildman–Crippen LogP) is 1.66. The first-order valence-electron chi connectivity index (χ1n) is 8.10. The Morgan fingerprint density at radius 1 is 1.23 bits per heavy atom. The summed E-state index contributed by atoms with van der Waals surface area (Å²) in [6.45, 7) is 1.17. The van der Waals surface area contributed by atoms with E-state index in [2.05, 4.69) is 14.9 Å². The topological polar surface area (TPSA) is 101 Å². The van der Waals surface area contributed by atoms with Crippen LogP contribution < -0.4 is 16.0 Å². The van der Waals surface area contributed by atoms with Crippen LogP contribution >= 0.6 is 0 Å². The maximum atomic E-state index is 11.9. The largest absolute Gasteiger partial charge is 0.494 e. The third-order valence-corrected chi connectivity index (χ3v) is 4.16. The molecule has 3 aromatic rings. The zero-order valence-corrected chi connectivity index (χ0v) is 14.7. The van der Waals surface area contributed by atoms with E-state index in [1.165, 1.54) is 6.07 Å². The Balaban J connectivity index is 1.82. The lowest BCUT2D eigenvalue weighted by Gasteiger charge is -2.18. The monoisotopic (exact) mass is 352 g/mol. The highest BCUT2D eigenvalue weighted by molar-refractivity contribution is 5.92. The van der Waals surface area contributed by atoms with Gasteiger partial charge in [-0.1, -0.05) is 12.1 Å². The number of fused-ring (bicyclic) bond motifs is 1. The molecule has 7 nitrogen and oxygen atoms in total. The molecule has 2 heterocycles. The molecule has 0 saturated carbocycles. The van der Waals surface area contributed by atoms with Gasteiger partial charge in [0.25, 0.3) is 11.5 Å². The van der Waals surface area contributed by atoms with Gasteiger partial charge >= 0.3 is 0 Å². The number of H-pyrrole nitrogens is 1. The van der Waals surface area contributed by atoms with Crippen LogP contribution in [0.1, 0.15) is 21.6 Å². The molecule has 0 unspecified atom stereocenters. The van der Waals surface area contributed by atoms with Crippen molar-refractivity contribution in [2.75, 3.05) is 14.2 Å². The van der Waals surface area contributed by atoms with Crippen LogP contribution in [0, 0.1) is 0 Å². The maximum absolute atomic E-state index is 11.9. The number of carbonyl (C=O) groups excluding carboxylic acids is 1. The lowest BCUT2D eigenvalue weighted by Crippen LogP contribution is -2.26. The van der Waals surface area contributed by atoms with Crippen molar-refractivity contribution >= 4 is 16.8 Å². The number of rotatable bonds is 6. The molecule has 1 aromatic carbocycles. The molecule has 0 saturated heterocycles. The fraction of sp³-hybridized carbons (Fsp3) is 0.211. The van der Waals surface area contributed by atoms with E-state index >= 15 is 0 Å². The van der Waals surface area contributed by atoms with Crippen molar-refractivity contribution in [3.63, 3.8) is 0 Å². The van der Waals surface area contributed by atoms with Crippen LogP contribution in [0.4, 0.5) is 0 Å². The Morgan fingerprint density at radius 3 is 2.73 bits per heavy atom. The maximum Gasteiger partial charge on any atom is 0.261 e. The van der Waals surface area contributed by atoms with E-state index in [0.29, 0.717) is 18.8 Å². The van der Waals surface area contributed by atoms with E-state index in [1.807, 2.05) is 31.3 Å². The number of hydrogen-bond acceptors (Lipinski definition) is 5. The first-order chi connectivity index (χ1) is 12.5. The third kappa shape index (κ3) is 3.57. The minimum Gasteiger partial charge on any atom is -0.494 e. The molecule has 26 heavy (non-hydrogen) atoms. The summed E-state index contributed by atoms with van der Waals surface area (Å²) in [5.74, 6) is 0.00160. The molecule has 0 bridgehead atoms. The molecule has 1 amide bonds. The number of carbonyl (C=O) groups is 1. The van der Waals surface area contributed by atoms with Crippen molar-refractivity contribution in [2.24, 2.45) is 5.73 Å². The van der Waals surface area contributed by atoms with Gasteiger partial charge in [0.1, 0.15) is 16.8 Å². The number of hydrogen-bond donors (Lipinski definition) is 2. The molecule has 3 rings (SSSR count).